The van der Waals surface area contributed by atoms with Crippen LogP contribution in [0.4, 0.5) is 0 Å². The van der Waals surface area contributed by atoms with Crippen molar-refractivity contribution in [2.75, 3.05) is 6.61 Å². The van der Waals surface area contributed by atoms with Gasteiger partial charge in [-0.2, -0.15) is 0 Å². The summed E-state index contributed by atoms with van der Waals surface area (Å²) in [5.41, 5.74) is 0.155. The van der Waals surface area contributed by atoms with Gasteiger partial charge in [0.15, 0.2) is 24.6 Å². The summed E-state index contributed by atoms with van der Waals surface area (Å²) >= 11 is 0. The van der Waals surface area contributed by atoms with Gasteiger partial charge in [0.25, 0.3) is 0 Å². The van der Waals surface area contributed by atoms with Crippen LogP contribution in [-0.2, 0) is 38.1 Å². The fraction of sp³-hybridized carbons (Fsp3) is 0.522. The predicted octanol–water partition coefficient (Wildman–Crippen LogP) is 0.484. The van der Waals surface area contributed by atoms with Crippen LogP contribution in [0.15, 0.2) is 30.3 Å². The highest BCUT2D eigenvalue weighted by atomic mass is 16.7. The van der Waals surface area contributed by atoms with Gasteiger partial charge in [-0.15, -0.1) is 0 Å². The van der Waals surface area contributed by atoms with Crippen LogP contribution in [-0.4, -0.2) is 77.0 Å². The molecule has 11 nitrogen and oxygen atoms in total. The number of ketones is 2. The fourth-order valence-corrected chi connectivity index (χ4v) is 3.19. The summed E-state index contributed by atoms with van der Waals surface area (Å²) < 4.78 is 21.3. The highest BCUT2D eigenvalue weighted by molar-refractivity contribution is 5.89. The molecule has 0 radical (unpaired) electrons. The van der Waals surface area contributed by atoms with Crippen LogP contribution in [0, 0.1) is 0 Å². The molecule has 1 fully saturated rings. The molecule has 1 saturated heterocycles. The predicted molar refractivity (Wildman–Crippen MR) is 113 cm³/mol. The van der Waals surface area contributed by atoms with Gasteiger partial charge in [0.2, 0.25) is 0 Å². The second-order valence-corrected chi connectivity index (χ2v) is 7.80. The third-order valence-corrected chi connectivity index (χ3v) is 4.94. The molecular weight excluding hydrogens is 452 g/mol. The summed E-state index contributed by atoms with van der Waals surface area (Å²) in [6.07, 6.45) is -8.66. The number of carbonyl (C=O) groups excluding carboxylic acids is 5. The summed E-state index contributed by atoms with van der Waals surface area (Å²) in [6.45, 7) is 1.85. The Morgan fingerprint density at radius 1 is 0.794 bits per heavy atom. The lowest BCUT2D eigenvalue weighted by Gasteiger charge is -2.42. The molecule has 186 valence electrons. The highest BCUT2D eigenvalue weighted by Gasteiger charge is 2.51. The number of ether oxygens (including phenoxy) is 4. The number of rotatable bonds is 11. The largest absolute Gasteiger partial charge is 0.454 e. The van der Waals surface area contributed by atoms with E-state index in [-0.39, 0.29) is 42.8 Å². The Morgan fingerprint density at radius 3 is 1.82 bits per heavy atom. The molecular formula is C23H28O11. The molecule has 1 aliphatic heterocycles. The van der Waals surface area contributed by atoms with E-state index >= 15 is 0 Å². The van der Waals surface area contributed by atoms with Crippen molar-refractivity contribution in [1.29, 1.82) is 0 Å². The van der Waals surface area contributed by atoms with Crippen LogP contribution in [0.3, 0.4) is 0 Å². The highest BCUT2D eigenvalue weighted by Crippen LogP contribution is 2.29. The molecule has 34 heavy (non-hydrogen) atoms. The zero-order chi connectivity index (χ0) is 25.3. The Bertz CT molecular complexity index is 882. The summed E-state index contributed by atoms with van der Waals surface area (Å²) in [7, 11) is 0. The second-order valence-electron chi connectivity index (χ2n) is 7.80. The normalized spacial score (nSPS) is 24.1. The SMILES string of the molecule is CC(=O)CCC(=O)O[C@@H]1[C@@H](OC(=O)CCC(C)=O)[C@@H](O)O[C@H](CO)[C@H]1OC(=O)c1ccccc1. The first-order valence-electron chi connectivity index (χ1n) is 10.7. The molecule has 1 aliphatic rings. The van der Waals surface area contributed by atoms with Gasteiger partial charge in [-0.3, -0.25) is 9.59 Å². The average Bonchev–Trinajstić information content (AvgIpc) is 2.80. The molecule has 5 atom stereocenters. The van der Waals surface area contributed by atoms with Gasteiger partial charge in [0.1, 0.15) is 17.7 Å². The van der Waals surface area contributed by atoms with Gasteiger partial charge in [-0.1, -0.05) is 18.2 Å². The number of Topliss-reactive ketones (excluding diaryl/α,β-unsaturated/α-hetero) is 2. The Labute approximate surface area is 195 Å². The lowest BCUT2D eigenvalue weighted by atomic mass is 9.98. The van der Waals surface area contributed by atoms with Crippen LogP contribution >= 0.6 is 0 Å². The number of benzene rings is 1. The van der Waals surface area contributed by atoms with E-state index in [1.807, 2.05) is 0 Å². The molecule has 0 aromatic heterocycles. The summed E-state index contributed by atoms with van der Waals surface area (Å²) in [4.78, 5) is 59.7. The number of hydrogen-bond acceptors (Lipinski definition) is 11. The van der Waals surface area contributed by atoms with Crippen molar-refractivity contribution in [3.05, 3.63) is 35.9 Å². The number of aliphatic hydroxyl groups excluding tert-OH is 2. The quantitative estimate of drug-likeness (QED) is 0.334. The van der Waals surface area contributed by atoms with Crippen LogP contribution in [0.1, 0.15) is 49.9 Å². The Morgan fingerprint density at radius 2 is 1.32 bits per heavy atom. The number of hydrogen-bond donors (Lipinski definition) is 2. The minimum atomic E-state index is -1.84. The van der Waals surface area contributed by atoms with Crippen LogP contribution in [0.25, 0.3) is 0 Å². The smallest absolute Gasteiger partial charge is 0.338 e. The molecule has 0 saturated carbocycles. The van der Waals surface area contributed by atoms with Gasteiger partial charge in [-0.05, 0) is 26.0 Å². The van der Waals surface area contributed by atoms with E-state index in [9.17, 15) is 34.2 Å². The zero-order valence-electron chi connectivity index (χ0n) is 18.9. The monoisotopic (exact) mass is 480 g/mol. The first-order chi connectivity index (χ1) is 16.1. The van der Waals surface area contributed by atoms with Gasteiger partial charge < -0.3 is 38.7 Å². The average molecular weight is 480 g/mol. The van der Waals surface area contributed by atoms with E-state index in [0.29, 0.717) is 0 Å². The van der Waals surface area contributed by atoms with Crippen molar-refractivity contribution in [2.24, 2.45) is 0 Å². The molecule has 2 rings (SSSR count). The lowest BCUT2D eigenvalue weighted by Crippen LogP contribution is -2.62. The molecule has 0 aliphatic carbocycles. The molecule has 1 heterocycles. The van der Waals surface area contributed by atoms with Gasteiger partial charge in [-0.25, -0.2) is 4.79 Å². The zero-order valence-corrected chi connectivity index (χ0v) is 18.9. The molecule has 0 bridgehead atoms. The van der Waals surface area contributed by atoms with Crippen LogP contribution < -0.4 is 0 Å². The Kier molecular flexibility index (Phi) is 10.3. The van der Waals surface area contributed by atoms with E-state index in [1.165, 1.54) is 26.0 Å². The van der Waals surface area contributed by atoms with E-state index in [4.69, 9.17) is 18.9 Å². The molecule has 11 heteroatoms. The Hall–Kier alpha value is -3.15. The third-order valence-electron chi connectivity index (χ3n) is 4.94. The minimum absolute atomic E-state index is 0.114. The minimum Gasteiger partial charge on any atom is -0.454 e. The van der Waals surface area contributed by atoms with Crippen molar-refractivity contribution in [1.82, 2.24) is 0 Å². The van der Waals surface area contributed by atoms with E-state index < -0.39 is 55.2 Å². The van der Waals surface area contributed by atoms with E-state index in [2.05, 4.69) is 0 Å². The molecule has 0 unspecified atom stereocenters. The third kappa shape index (κ3) is 8.01. The van der Waals surface area contributed by atoms with Gasteiger partial charge in [0, 0.05) is 12.8 Å². The van der Waals surface area contributed by atoms with Crippen LogP contribution in [0.2, 0.25) is 0 Å². The molecule has 1 aromatic rings. The maximum Gasteiger partial charge on any atom is 0.338 e. The topological polar surface area (TPSA) is 163 Å². The molecule has 0 amide bonds. The van der Waals surface area contributed by atoms with Gasteiger partial charge >= 0.3 is 17.9 Å². The molecule has 0 spiro atoms. The molecule has 1 aromatic carbocycles. The molecule has 2 N–H and O–H groups in total. The first kappa shape index (κ1) is 27.1. The second kappa shape index (κ2) is 12.9. The Balaban J connectivity index is 2.30. The van der Waals surface area contributed by atoms with Crippen molar-refractivity contribution >= 4 is 29.5 Å². The first-order valence-corrected chi connectivity index (χ1v) is 10.7. The lowest BCUT2D eigenvalue weighted by molar-refractivity contribution is -0.293. The summed E-state index contributed by atoms with van der Waals surface area (Å²) in [5, 5.41) is 20.2. The summed E-state index contributed by atoms with van der Waals surface area (Å²) in [5.74, 6) is -3.13. The standard InChI is InChI=1S/C23H28O11/c1-13(25)8-10-17(27)32-20-19(34-22(29)15-6-4-3-5-7-15)16(12-24)31-23(30)21(20)33-18(28)11-9-14(2)26/h3-7,16,19-21,23-24,30H,8-12H2,1-2H3/t16-,19-,20+,21-,23+/m1/s1. The van der Waals surface area contributed by atoms with Crippen LogP contribution in [0.5, 0.6) is 0 Å². The number of aliphatic hydroxyl groups is 2. The summed E-state index contributed by atoms with van der Waals surface area (Å²) in [6, 6.07) is 7.83. The van der Waals surface area contributed by atoms with Crippen molar-refractivity contribution < 1.29 is 53.1 Å². The van der Waals surface area contributed by atoms with E-state index in [1.54, 1.807) is 18.2 Å². The number of carbonyl (C=O) groups is 5. The van der Waals surface area contributed by atoms with Gasteiger partial charge in [0.05, 0.1) is 25.0 Å². The maximum absolute atomic E-state index is 12.7. The van der Waals surface area contributed by atoms with Crippen molar-refractivity contribution in [2.45, 2.75) is 70.2 Å². The van der Waals surface area contributed by atoms with Crippen molar-refractivity contribution in [3.63, 3.8) is 0 Å². The van der Waals surface area contributed by atoms with E-state index in [0.717, 1.165) is 0 Å². The number of esters is 3. The maximum atomic E-state index is 12.7. The fourth-order valence-electron chi connectivity index (χ4n) is 3.19. The van der Waals surface area contributed by atoms with Crippen molar-refractivity contribution in [3.8, 4) is 0 Å².